The molecule has 1 aromatic carbocycles. The average Bonchev–Trinajstić information content (AvgIpc) is 2.47. The lowest BCUT2D eigenvalue weighted by atomic mass is 10.1. The molecule has 1 aliphatic heterocycles. The van der Waals surface area contributed by atoms with Crippen LogP contribution in [0.2, 0.25) is 0 Å². The first-order chi connectivity index (χ1) is 9.24. The number of carbonyl (C=O) groups is 1. The number of hydrazine groups is 1. The Morgan fingerprint density at radius 3 is 3.16 bits per heavy atom. The molecule has 1 unspecified atom stereocenters. The first-order valence-corrected chi connectivity index (χ1v) is 6.66. The van der Waals surface area contributed by atoms with Crippen LogP contribution in [0.4, 0.5) is 0 Å². The summed E-state index contributed by atoms with van der Waals surface area (Å²) < 4.78 is 5.50. The lowest BCUT2D eigenvalue weighted by Crippen LogP contribution is -2.44. The Bertz CT molecular complexity index is 436. The number of nitrogens with two attached hydrogens (primary N) is 1. The van der Waals surface area contributed by atoms with Gasteiger partial charge in [-0.05, 0) is 24.1 Å². The van der Waals surface area contributed by atoms with Crippen LogP contribution in [0.3, 0.4) is 0 Å². The average molecular weight is 263 g/mol. The second kappa shape index (κ2) is 6.65. The van der Waals surface area contributed by atoms with Crippen LogP contribution in [0.25, 0.3) is 0 Å². The molecule has 0 bridgehead atoms. The minimum atomic E-state index is -0.254. The molecule has 1 amide bonds. The van der Waals surface area contributed by atoms with E-state index in [1.54, 1.807) is 6.07 Å². The highest BCUT2D eigenvalue weighted by Crippen LogP contribution is 2.15. The normalized spacial score (nSPS) is 20.2. The van der Waals surface area contributed by atoms with Crippen molar-refractivity contribution in [3.8, 4) is 0 Å². The molecule has 1 atom stereocenters. The smallest absolute Gasteiger partial charge is 0.265 e. The predicted molar refractivity (Wildman–Crippen MR) is 73.4 cm³/mol. The van der Waals surface area contributed by atoms with E-state index in [2.05, 4.69) is 17.2 Å². The molecule has 2 rings (SSSR count). The summed E-state index contributed by atoms with van der Waals surface area (Å²) in [6.45, 7) is 5.52. The third-order valence-corrected chi connectivity index (χ3v) is 3.53. The number of rotatable bonds is 4. The van der Waals surface area contributed by atoms with Gasteiger partial charge in [0.15, 0.2) is 0 Å². The highest BCUT2D eigenvalue weighted by atomic mass is 16.5. The van der Waals surface area contributed by atoms with Crippen molar-refractivity contribution in [3.05, 3.63) is 35.4 Å². The van der Waals surface area contributed by atoms with E-state index in [0.717, 1.165) is 38.3 Å². The first kappa shape index (κ1) is 14.0. The molecule has 0 saturated carbocycles. The van der Waals surface area contributed by atoms with E-state index in [9.17, 15) is 4.79 Å². The number of carbonyl (C=O) groups excluding carboxylic acids is 1. The first-order valence-electron chi connectivity index (χ1n) is 6.66. The molecule has 5 nitrogen and oxygen atoms in total. The summed E-state index contributed by atoms with van der Waals surface area (Å²) in [7, 11) is 0. The van der Waals surface area contributed by atoms with Crippen LogP contribution in [0.1, 0.15) is 29.3 Å². The summed E-state index contributed by atoms with van der Waals surface area (Å²) in [4.78, 5) is 13.9. The van der Waals surface area contributed by atoms with Gasteiger partial charge in [0.2, 0.25) is 0 Å². The van der Waals surface area contributed by atoms with Crippen molar-refractivity contribution in [2.45, 2.75) is 25.9 Å². The zero-order valence-electron chi connectivity index (χ0n) is 11.3. The van der Waals surface area contributed by atoms with Crippen LogP contribution >= 0.6 is 0 Å². The van der Waals surface area contributed by atoms with Crippen molar-refractivity contribution >= 4 is 5.91 Å². The van der Waals surface area contributed by atoms with Gasteiger partial charge in [-0.3, -0.25) is 15.1 Å². The molecule has 0 aromatic heterocycles. The minimum absolute atomic E-state index is 0.254. The molecule has 3 N–H and O–H groups in total. The quantitative estimate of drug-likeness (QED) is 0.481. The monoisotopic (exact) mass is 263 g/mol. The second-order valence-corrected chi connectivity index (χ2v) is 4.78. The molecule has 104 valence electrons. The van der Waals surface area contributed by atoms with Crippen molar-refractivity contribution in [1.29, 1.82) is 0 Å². The van der Waals surface area contributed by atoms with E-state index in [1.807, 2.05) is 18.2 Å². The molecule has 1 aliphatic rings. The van der Waals surface area contributed by atoms with E-state index in [4.69, 9.17) is 10.6 Å². The molecule has 0 aliphatic carbocycles. The number of morpholine rings is 1. The number of nitrogen functional groups attached to an aromatic ring is 1. The number of benzene rings is 1. The molecular formula is C14H21N3O2. The number of ether oxygens (including phenoxy) is 1. The lowest BCUT2D eigenvalue weighted by molar-refractivity contribution is -0.0127. The number of hydrogen-bond donors (Lipinski definition) is 2. The van der Waals surface area contributed by atoms with Crippen molar-refractivity contribution in [2.75, 3.05) is 19.8 Å². The van der Waals surface area contributed by atoms with Gasteiger partial charge in [0, 0.05) is 24.7 Å². The van der Waals surface area contributed by atoms with Gasteiger partial charge in [-0.1, -0.05) is 19.1 Å². The number of nitrogens with one attached hydrogen (secondary N) is 1. The van der Waals surface area contributed by atoms with Crippen LogP contribution in [0.15, 0.2) is 24.3 Å². The Balaban J connectivity index is 2.07. The lowest BCUT2D eigenvalue weighted by Gasteiger charge is -2.35. The summed E-state index contributed by atoms with van der Waals surface area (Å²) >= 11 is 0. The summed E-state index contributed by atoms with van der Waals surface area (Å²) in [5, 5.41) is 0. The molecule has 1 saturated heterocycles. The summed E-state index contributed by atoms with van der Waals surface area (Å²) in [5.41, 5.74) is 3.88. The topological polar surface area (TPSA) is 67.6 Å². The Morgan fingerprint density at radius 1 is 1.58 bits per heavy atom. The molecular weight excluding hydrogens is 242 g/mol. The molecule has 1 heterocycles. The zero-order valence-corrected chi connectivity index (χ0v) is 11.3. The number of hydrogen-bond acceptors (Lipinski definition) is 4. The van der Waals surface area contributed by atoms with Gasteiger partial charge >= 0.3 is 0 Å². The fourth-order valence-electron chi connectivity index (χ4n) is 2.40. The fourth-order valence-corrected chi connectivity index (χ4v) is 2.40. The maximum Gasteiger partial charge on any atom is 0.265 e. The molecule has 0 radical (unpaired) electrons. The molecule has 19 heavy (non-hydrogen) atoms. The third-order valence-electron chi connectivity index (χ3n) is 3.53. The van der Waals surface area contributed by atoms with Crippen molar-refractivity contribution in [3.63, 3.8) is 0 Å². The van der Waals surface area contributed by atoms with Crippen molar-refractivity contribution in [1.82, 2.24) is 10.3 Å². The molecule has 1 fully saturated rings. The van der Waals surface area contributed by atoms with Gasteiger partial charge in [0.25, 0.3) is 5.91 Å². The van der Waals surface area contributed by atoms with Crippen LogP contribution < -0.4 is 11.3 Å². The van der Waals surface area contributed by atoms with Crippen LogP contribution in [-0.4, -0.2) is 36.6 Å². The fraction of sp³-hybridized carbons (Fsp3) is 0.500. The second-order valence-electron chi connectivity index (χ2n) is 4.78. The van der Waals surface area contributed by atoms with E-state index >= 15 is 0 Å². The van der Waals surface area contributed by atoms with Crippen molar-refractivity contribution in [2.24, 2.45) is 5.84 Å². The van der Waals surface area contributed by atoms with E-state index in [-0.39, 0.29) is 5.91 Å². The third kappa shape index (κ3) is 3.53. The van der Waals surface area contributed by atoms with E-state index < -0.39 is 0 Å². The summed E-state index contributed by atoms with van der Waals surface area (Å²) in [5.74, 6) is 4.90. The maximum absolute atomic E-state index is 11.5. The van der Waals surface area contributed by atoms with Crippen molar-refractivity contribution < 1.29 is 9.53 Å². The van der Waals surface area contributed by atoms with Gasteiger partial charge in [0.05, 0.1) is 13.2 Å². The van der Waals surface area contributed by atoms with Crippen LogP contribution in [0, 0.1) is 0 Å². The summed E-state index contributed by atoms with van der Waals surface area (Å²) in [6, 6.07) is 8.05. The van der Waals surface area contributed by atoms with Gasteiger partial charge in [-0.15, -0.1) is 0 Å². The van der Waals surface area contributed by atoms with Gasteiger partial charge < -0.3 is 4.74 Å². The summed E-state index contributed by atoms with van der Waals surface area (Å²) in [6.07, 6.45) is 1.07. The van der Waals surface area contributed by atoms with Gasteiger partial charge in [-0.25, -0.2) is 5.84 Å². The standard InChI is InChI=1S/C14H21N3O2/c1-2-13-10-19-7-6-17(13)9-11-4-3-5-12(8-11)14(18)16-15/h3-5,8,13H,2,6-7,9-10,15H2,1H3,(H,16,18). The Kier molecular flexibility index (Phi) is 4.90. The molecule has 0 spiro atoms. The Morgan fingerprint density at radius 2 is 2.42 bits per heavy atom. The number of amides is 1. The van der Waals surface area contributed by atoms with E-state index in [1.165, 1.54) is 0 Å². The Hall–Kier alpha value is -1.43. The molecule has 5 heteroatoms. The Labute approximate surface area is 113 Å². The van der Waals surface area contributed by atoms with Crippen LogP contribution in [0.5, 0.6) is 0 Å². The zero-order chi connectivity index (χ0) is 13.7. The van der Waals surface area contributed by atoms with Gasteiger partial charge in [-0.2, -0.15) is 0 Å². The number of nitrogens with zero attached hydrogens (tertiary/aromatic N) is 1. The van der Waals surface area contributed by atoms with Crippen LogP contribution in [-0.2, 0) is 11.3 Å². The maximum atomic E-state index is 11.5. The van der Waals surface area contributed by atoms with E-state index in [0.29, 0.717) is 11.6 Å². The van der Waals surface area contributed by atoms with Gasteiger partial charge in [0.1, 0.15) is 0 Å². The molecule has 1 aromatic rings. The highest BCUT2D eigenvalue weighted by Gasteiger charge is 2.21. The SMILES string of the molecule is CCC1COCCN1Cc1cccc(C(=O)NN)c1. The highest BCUT2D eigenvalue weighted by molar-refractivity contribution is 5.93. The largest absolute Gasteiger partial charge is 0.378 e. The predicted octanol–water partition coefficient (Wildman–Crippen LogP) is 0.901. The minimum Gasteiger partial charge on any atom is -0.378 e.